The Balaban J connectivity index is 1.79. The molecule has 2 atom stereocenters. The van der Waals surface area contributed by atoms with E-state index in [9.17, 15) is 0 Å². The number of hydrogen-bond donors (Lipinski definition) is 1. The van der Waals surface area contributed by atoms with Crippen LogP contribution in [0.5, 0.6) is 5.75 Å². The summed E-state index contributed by atoms with van der Waals surface area (Å²) in [5.41, 5.74) is 6.33. The first kappa shape index (κ1) is 14.9. The van der Waals surface area contributed by atoms with Gasteiger partial charge >= 0.3 is 0 Å². The third-order valence-electron chi connectivity index (χ3n) is 3.91. The van der Waals surface area contributed by atoms with Gasteiger partial charge in [-0.25, -0.2) is 0 Å². The van der Waals surface area contributed by atoms with Crippen LogP contribution >= 0.6 is 0 Å². The number of benzene rings is 1. The van der Waals surface area contributed by atoms with E-state index in [1.165, 1.54) is 13.1 Å². The van der Waals surface area contributed by atoms with E-state index >= 15 is 0 Å². The van der Waals surface area contributed by atoms with Gasteiger partial charge in [0.2, 0.25) is 0 Å². The molecule has 0 aliphatic carbocycles. The van der Waals surface area contributed by atoms with Crippen LogP contribution in [0.15, 0.2) is 24.3 Å². The molecule has 1 aliphatic rings. The first-order chi connectivity index (χ1) is 9.69. The number of nitrogens with zero attached hydrogens (tertiary/aromatic N) is 1. The third-order valence-corrected chi connectivity index (χ3v) is 3.91. The van der Waals surface area contributed by atoms with Crippen molar-refractivity contribution in [3.8, 4) is 17.6 Å². The van der Waals surface area contributed by atoms with Gasteiger partial charge in [-0.15, -0.1) is 0 Å². The van der Waals surface area contributed by atoms with Crippen LogP contribution in [0.25, 0.3) is 0 Å². The van der Waals surface area contributed by atoms with E-state index < -0.39 is 0 Å². The lowest BCUT2D eigenvalue weighted by molar-refractivity contribution is 0.232. The summed E-state index contributed by atoms with van der Waals surface area (Å²) in [6, 6.07) is 7.88. The first-order valence-corrected chi connectivity index (χ1v) is 7.33. The van der Waals surface area contributed by atoms with E-state index in [2.05, 4.69) is 30.6 Å². The van der Waals surface area contributed by atoms with E-state index in [4.69, 9.17) is 10.5 Å². The Kier molecular flexibility index (Phi) is 5.46. The van der Waals surface area contributed by atoms with E-state index in [-0.39, 0.29) is 0 Å². The zero-order valence-corrected chi connectivity index (χ0v) is 12.4. The fourth-order valence-corrected chi connectivity index (χ4v) is 2.54. The second-order valence-electron chi connectivity index (χ2n) is 5.60. The molecule has 0 spiro atoms. The van der Waals surface area contributed by atoms with Crippen molar-refractivity contribution in [2.24, 2.45) is 17.6 Å². The van der Waals surface area contributed by atoms with Gasteiger partial charge in [-0.1, -0.05) is 31.8 Å². The van der Waals surface area contributed by atoms with Gasteiger partial charge in [0.25, 0.3) is 0 Å². The van der Waals surface area contributed by atoms with Gasteiger partial charge in [0.05, 0.1) is 6.54 Å². The van der Waals surface area contributed by atoms with Crippen molar-refractivity contribution in [2.45, 2.75) is 13.8 Å². The van der Waals surface area contributed by atoms with Crippen molar-refractivity contribution >= 4 is 0 Å². The SMILES string of the molecule is CC1CN(CCOc2cccc(C#CCN)c2)CC1C. The predicted molar refractivity (Wildman–Crippen MR) is 82.6 cm³/mol. The molecule has 2 N–H and O–H groups in total. The summed E-state index contributed by atoms with van der Waals surface area (Å²) in [7, 11) is 0. The number of rotatable bonds is 4. The van der Waals surface area contributed by atoms with Crippen molar-refractivity contribution in [1.82, 2.24) is 4.90 Å². The molecule has 0 saturated carbocycles. The largest absolute Gasteiger partial charge is 0.492 e. The summed E-state index contributed by atoms with van der Waals surface area (Å²) < 4.78 is 5.82. The molecule has 108 valence electrons. The van der Waals surface area contributed by atoms with Gasteiger partial charge in [0.1, 0.15) is 12.4 Å². The van der Waals surface area contributed by atoms with Crippen molar-refractivity contribution in [3.63, 3.8) is 0 Å². The molecule has 3 heteroatoms. The lowest BCUT2D eigenvalue weighted by Crippen LogP contribution is -2.26. The minimum atomic E-state index is 0.385. The Labute approximate surface area is 122 Å². The van der Waals surface area contributed by atoms with E-state index in [0.29, 0.717) is 6.54 Å². The standard InChI is InChI=1S/C17H24N2O/c1-14-12-19(13-15(14)2)9-10-20-17-7-3-5-16(11-17)6-4-8-18/h3,5,7,11,14-15H,8-10,12-13,18H2,1-2H3. The molecule has 0 amide bonds. The second-order valence-corrected chi connectivity index (χ2v) is 5.60. The molecule has 20 heavy (non-hydrogen) atoms. The molecule has 0 bridgehead atoms. The van der Waals surface area contributed by atoms with Gasteiger partial charge in [0.15, 0.2) is 0 Å². The maximum absolute atomic E-state index is 5.82. The molecule has 1 fully saturated rings. The van der Waals surface area contributed by atoms with Crippen molar-refractivity contribution < 1.29 is 4.74 Å². The van der Waals surface area contributed by atoms with Gasteiger partial charge in [0, 0.05) is 25.2 Å². The van der Waals surface area contributed by atoms with Gasteiger partial charge < -0.3 is 10.5 Å². The minimum absolute atomic E-state index is 0.385. The normalized spacial score (nSPS) is 22.4. The van der Waals surface area contributed by atoms with Crippen LogP contribution in [0.4, 0.5) is 0 Å². The monoisotopic (exact) mass is 272 g/mol. The molecular weight excluding hydrogens is 248 g/mol. The smallest absolute Gasteiger partial charge is 0.120 e. The molecule has 1 saturated heterocycles. The van der Waals surface area contributed by atoms with Gasteiger partial charge in [-0.05, 0) is 30.0 Å². The fourth-order valence-electron chi connectivity index (χ4n) is 2.54. The number of ether oxygens (including phenoxy) is 1. The fraction of sp³-hybridized carbons (Fsp3) is 0.529. The minimum Gasteiger partial charge on any atom is -0.492 e. The van der Waals surface area contributed by atoms with E-state index in [1.54, 1.807) is 0 Å². The molecule has 2 rings (SSSR count). The quantitative estimate of drug-likeness (QED) is 0.852. The third kappa shape index (κ3) is 4.26. The molecular formula is C17H24N2O. The van der Waals surface area contributed by atoms with Crippen LogP contribution in [0.3, 0.4) is 0 Å². The topological polar surface area (TPSA) is 38.5 Å². The molecule has 3 nitrogen and oxygen atoms in total. The zero-order valence-electron chi connectivity index (χ0n) is 12.4. The van der Waals surface area contributed by atoms with Crippen molar-refractivity contribution in [1.29, 1.82) is 0 Å². The van der Waals surface area contributed by atoms with E-state index in [1.807, 2.05) is 24.3 Å². The molecule has 0 aromatic heterocycles. The molecule has 2 unspecified atom stereocenters. The Hall–Kier alpha value is -1.50. The number of nitrogens with two attached hydrogens (primary N) is 1. The average Bonchev–Trinajstić information content (AvgIpc) is 2.76. The summed E-state index contributed by atoms with van der Waals surface area (Å²) in [5.74, 6) is 8.35. The highest BCUT2D eigenvalue weighted by atomic mass is 16.5. The molecule has 1 aromatic carbocycles. The van der Waals surface area contributed by atoms with Crippen LogP contribution in [0.2, 0.25) is 0 Å². The highest BCUT2D eigenvalue weighted by molar-refractivity contribution is 5.39. The lowest BCUT2D eigenvalue weighted by Gasteiger charge is -2.15. The maximum Gasteiger partial charge on any atom is 0.120 e. The molecule has 1 heterocycles. The van der Waals surface area contributed by atoms with Crippen LogP contribution in [0, 0.1) is 23.7 Å². The van der Waals surface area contributed by atoms with Crippen molar-refractivity contribution in [3.05, 3.63) is 29.8 Å². The zero-order chi connectivity index (χ0) is 14.4. The summed E-state index contributed by atoms with van der Waals surface area (Å²) >= 11 is 0. The van der Waals surface area contributed by atoms with E-state index in [0.717, 1.165) is 36.3 Å². The highest BCUT2D eigenvalue weighted by Gasteiger charge is 2.25. The molecule has 1 aromatic rings. The number of hydrogen-bond acceptors (Lipinski definition) is 3. The summed E-state index contributed by atoms with van der Waals surface area (Å²) in [4.78, 5) is 2.48. The summed E-state index contributed by atoms with van der Waals surface area (Å²) in [5, 5.41) is 0. The second kappa shape index (κ2) is 7.33. The average molecular weight is 272 g/mol. The van der Waals surface area contributed by atoms with Gasteiger partial charge in [-0.2, -0.15) is 0 Å². The van der Waals surface area contributed by atoms with Crippen LogP contribution in [0.1, 0.15) is 19.4 Å². The maximum atomic E-state index is 5.82. The Morgan fingerprint density at radius 3 is 2.75 bits per heavy atom. The van der Waals surface area contributed by atoms with Crippen LogP contribution in [-0.4, -0.2) is 37.7 Å². The first-order valence-electron chi connectivity index (χ1n) is 7.33. The Morgan fingerprint density at radius 2 is 2.05 bits per heavy atom. The lowest BCUT2D eigenvalue weighted by atomic mass is 10.0. The highest BCUT2D eigenvalue weighted by Crippen LogP contribution is 2.21. The Bertz CT molecular complexity index is 479. The van der Waals surface area contributed by atoms with Crippen molar-refractivity contribution in [2.75, 3.05) is 32.8 Å². The number of likely N-dealkylation sites (tertiary alicyclic amines) is 1. The van der Waals surface area contributed by atoms with Crippen LogP contribution in [-0.2, 0) is 0 Å². The molecule has 0 radical (unpaired) electrons. The Morgan fingerprint density at radius 1 is 1.30 bits per heavy atom. The summed E-state index contributed by atoms with van der Waals surface area (Å²) in [6.07, 6.45) is 0. The summed E-state index contributed by atoms with van der Waals surface area (Å²) in [6.45, 7) is 9.13. The van der Waals surface area contributed by atoms with Gasteiger partial charge in [-0.3, -0.25) is 4.90 Å². The van der Waals surface area contributed by atoms with Crippen LogP contribution < -0.4 is 10.5 Å². The molecule has 1 aliphatic heterocycles. The predicted octanol–water partition coefficient (Wildman–Crippen LogP) is 1.96.